The Hall–Kier alpha value is -0.760. The molecule has 0 radical (unpaired) electrons. The molecule has 16 heavy (non-hydrogen) atoms. The number of halogens is 1. The zero-order valence-electron chi connectivity index (χ0n) is 10.4. The van der Waals surface area contributed by atoms with Crippen LogP contribution in [0, 0.1) is 5.41 Å². The molecule has 90 valence electrons. The predicted molar refractivity (Wildman–Crippen MR) is 66.3 cm³/mol. The van der Waals surface area contributed by atoms with E-state index < -0.39 is 0 Å². The lowest BCUT2D eigenvalue weighted by atomic mass is 9.80. The quantitative estimate of drug-likeness (QED) is 0.689. The summed E-state index contributed by atoms with van der Waals surface area (Å²) in [5.41, 5.74) is 1.70. The molecule has 0 bridgehead atoms. The van der Waals surface area contributed by atoms with E-state index in [-0.39, 0.29) is 11.4 Å². The van der Waals surface area contributed by atoms with Gasteiger partial charge in [-0.25, -0.2) is 4.79 Å². The normalized spacial score (nSPS) is 17.2. The van der Waals surface area contributed by atoms with E-state index >= 15 is 0 Å². The maximum atomic E-state index is 11.8. The Labute approximate surface area is 102 Å². The van der Waals surface area contributed by atoms with Crippen LogP contribution >= 0.6 is 11.6 Å². The van der Waals surface area contributed by atoms with Gasteiger partial charge in [0.05, 0.1) is 6.61 Å². The molecule has 0 fully saturated rings. The van der Waals surface area contributed by atoms with Crippen LogP contribution in [0.25, 0.3) is 0 Å². The number of rotatable bonds is 2. The molecule has 0 saturated heterocycles. The van der Waals surface area contributed by atoms with Gasteiger partial charge in [0.2, 0.25) is 0 Å². The summed E-state index contributed by atoms with van der Waals surface area (Å²) in [6.45, 7) is 8.46. The molecule has 0 N–H and O–H groups in total. The van der Waals surface area contributed by atoms with E-state index in [1.54, 1.807) is 0 Å². The van der Waals surface area contributed by atoms with Gasteiger partial charge in [0, 0.05) is 10.6 Å². The average Bonchev–Trinajstić information content (AvgIpc) is 2.16. The van der Waals surface area contributed by atoms with Crippen LogP contribution in [0.15, 0.2) is 22.3 Å². The Bertz CT molecular complexity index is 345. The van der Waals surface area contributed by atoms with Crippen molar-refractivity contribution in [3.05, 3.63) is 22.3 Å². The van der Waals surface area contributed by atoms with Crippen LogP contribution in [0.5, 0.6) is 0 Å². The molecule has 0 aromatic carbocycles. The average molecular weight is 243 g/mol. The fourth-order valence-electron chi connectivity index (χ4n) is 1.79. The number of carbonyl (C=O) groups excluding carboxylic acids is 1. The fraction of sp³-hybridized carbons (Fsp3) is 0.615. The molecule has 0 aliphatic heterocycles. The molecule has 0 aromatic rings. The van der Waals surface area contributed by atoms with Crippen molar-refractivity contribution in [2.45, 2.75) is 40.5 Å². The molecule has 0 atom stereocenters. The second-order valence-electron chi connectivity index (χ2n) is 4.95. The molecule has 0 saturated carbocycles. The molecule has 3 heteroatoms. The first-order valence-corrected chi connectivity index (χ1v) is 6.01. The summed E-state index contributed by atoms with van der Waals surface area (Å²) >= 11 is 6.04. The van der Waals surface area contributed by atoms with Crippen molar-refractivity contribution in [1.82, 2.24) is 0 Å². The van der Waals surface area contributed by atoms with Gasteiger partial charge < -0.3 is 4.74 Å². The highest BCUT2D eigenvalue weighted by Gasteiger charge is 2.27. The first kappa shape index (κ1) is 13.3. The summed E-state index contributed by atoms with van der Waals surface area (Å²) in [4.78, 5) is 11.8. The van der Waals surface area contributed by atoms with E-state index in [0.717, 1.165) is 22.6 Å². The topological polar surface area (TPSA) is 26.3 Å². The molecule has 0 heterocycles. The van der Waals surface area contributed by atoms with Gasteiger partial charge in [0.15, 0.2) is 0 Å². The zero-order valence-corrected chi connectivity index (χ0v) is 11.1. The Kier molecular flexibility index (Phi) is 4.20. The molecule has 2 nitrogen and oxygen atoms in total. The van der Waals surface area contributed by atoms with E-state index in [1.807, 2.05) is 13.0 Å². The summed E-state index contributed by atoms with van der Waals surface area (Å²) in [6, 6.07) is 0. The van der Waals surface area contributed by atoms with Gasteiger partial charge in [-0.2, -0.15) is 0 Å². The third-order valence-electron chi connectivity index (χ3n) is 2.57. The fourth-order valence-corrected chi connectivity index (χ4v) is 2.00. The lowest BCUT2D eigenvalue weighted by Gasteiger charge is -2.27. The minimum absolute atomic E-state index is 0.0807. The van der Waals surface area contributed by atoms with E-state index in [2.05, 4.69) is 20.8 Å². The molecule has 0 amide bonds. The Balaban J connectivity index is 3.12. The molecule has 0 spiro atoms. The molecular formula is C13H19ClO2. The van der Waals surface area contributed by atoms with Crippen LogP contribution < -0.4 is 0 Å². The summed E-state index contributed by atoms with van der Waals surface area (Å²) in [7, 11) is 0. The van der Waals surface area contributed by atoms with Crippen LogP contribution in [0.4, 0.5) is 0 Å². The lowest BCUT2D eigenvalue weighted by molar-refractivity contribution is -0.138. The first-order chi connectivity index (χ1) is 7.36. The van der Waals surface area contributed by atoms with Crippen molar-refractivity contribution >= 4 is 17.6 Å². The number of hydrogen-bond donors (Lipinski definition) is 0. The van der Waals surface area contributed by atoms with Gasteiger partial charge in [-0.3, -0.25) is 0 Å². The Morgan fingerprint density at radius 2 is 2.06 bits per heavy atom. The van der Waals surface area contributed by atoms with Crippen molar-refractivity contribution in [2.24, 2.45) is 5.41 Å². The number of allylic oxidation sites excluding steroid dienone is 3. The minimum Gasteiger partial charge on any atom is -0.463 e. The van der Waals surface area contributed by atoms with Gasteiger partial charge in [0.1, 0.15) is 0 Å². The van der Waals surface area contributed by atoms with Crippen molar-refractivity contribution in [1.29, 1.82) is 0 Å². The smallest absolute Gasteiger partial charge is 0.334 e. The maximum Gasteiger partial charge on any atom is 0.334 e. The zero-order chi connectivity index (χ0) is 12.3. The summed E-state index contributed by atoms with van der Waals surface area (Å²) in [5, 5.41) is 0.818. The van der Waals surface area contributed by atoms with Gasteiger partial charge in [-0.05, 0) is 36.8 Å². The highest BCUT2D eigenvalue weighted by atomic mass is 35.5. The number of ether oxygens (including phenoxy) is 1. The number of carbonyl (C=O) groups is 1. The highest BCUT2D eigenvalue weighted by molar-refractivity contribution is 6.30. The molecular weight excluding hydrogens is 224 g/mol. The number of esters is 1. The van der Waals surface area contributed by atoms with Gasteiger partial charge >= 0.3 is 5.97 Å². The van der Waals surface area contributed by atoms with Crippen LogP contribution in [-0.2, 0) is 9.53 Å². The molecule has 0 aromatic heterocycles. The van der Waals surface area contributed by atoms with Crippen molar-refractivity contribution in [3.63, 3.8) is 0 Å². The minimum atomic E-state index is -0.201. The van der Waals surface area contributed by atoms with Crippen molar-refractivity contribution in [2.75, 3.05) is 6.61 Å². The van der Waals surface area contributed by atoms with E-state index in [1.165, 1.54) is 0 Å². The second kappa shape index (κ2) is 5.05. The molecule has 1 aliphatic carbocycles. The highest BCUT2D eigenvalue weighted by Crippen LogP contribution is 2.37. The molecule has 0 unspecified atom stereocenters. The third-order valence-corrected chi connectivity index (χ3v) is 2.87. The monoisotopic (exact) mass is 242 g/mol. The molecule has 1 aliphatic rings. The summed E-state index contributed by atoms with van der Waals surface area (Å²) in [5.74, 6) is -0.201. The van der Waals surface area contributed by atoms with E-state index in [4.69, 9.17) is 16.3 Å². The van der Waals surface area contributed by atoms with Gasteiger partial charge in [-0.1, -0.05) is 32.4 Å². The van der Waals surface area contributed by atoms with E-state index in [0.29, 0.717) is 13.0 Å². The van der Waals surface area contributed by atoms with Crippen molar-refractivity contribution < 1.29 is 9.53 Å². The number of hydrogen-bond acceptors (Lipinski definition) is 2. The Morgan fingerprint density at radius 1 is 1.44 bits per heavy atom. The standard InChI is InChI=1S/C13H19ClO2/c1-5-16-12(15)10-7-6-9(14)8-11(10)13(2,3)4/h8H,5-7H2,1-4H3. The lowest BCUT2D eigenvalue weighted by Crippen LogP contribution is -2.19. The van der Waals surface area contributed by atoms with Crippen LogP contribution in [0.2, 0.25) is 0 Å². The van der Waals surface area contributed by atoms with E-state index in [9.17, 15) is 4.79 Å². The third kappa shape index (κ3) is 3.11. The Morgan fingerprint density at radius 3 is 2.56 bits per heavy atom. The van der Waals surface area contributed by atoms with Crippen LogP contribution in [0.1, 0.15) is 40.5 Å². The largest absolute Gasteiger partial charge is 0.463 e. The van der Waals surface area contributed by atoms with Gasteiger partial charge in [0.25, 0.3) is 0 Å². The molecule has 1 rings (SSSR count). The second-order valence-corrected chi connectivity index (χ2v) is 5.44. The SMILES string of the molecule is CCOC(=O)C1=C(C(C)(C)C)C=C(Cl)CC1. The predicted octanol–water partition coefficient (Wildman–Crippen LogP) is 3.81. The maximum absolute atomic E-state index is 11.8. The van der Waals surface area contributed by atoms with Crippen LogP contribution in [0.3, 0.4) is 0 Å². The van der Waals surface area contributed by atoms with Crippen LogP contribution in [-0.4, -0.2) is 12.6 Å². The summed E-state index contributed by atoms with van der Waals surface area (Å²) in [6.07, 6.45) is 3.33. The first-order valence-electron chi connectivity index (χ1n) is 5.63. The van der Waals surface area contributed by atoms with Gasteiger partial charge in [-0.15, -0.1) is 0 Å². The van der Waals surface area contributed by atoms with Crippen molar-refractivity contribution in [3.8, 4) is 0 Å². The summed E-state index contributed by atoms with van der Waals surface area (Å²) < 4.78 is 5.07.